The molecule has 0 heterocycles. The Morgan fingerprint density at radius 2 is 1.56 bits per heavy atom. The van der Waals surface area contributed by atoms with Gasteiger partial charge < -0.3 is 15.2 Å². The first-order chi connectivity index (χ1) is 7.63. The normalized spacial score (nSPS) is 13.2. The SMILES string of the molecule is CC(O)CCCCCCCC/C=C/B(O)O. The summed E-state index contributed by atoms with van der Waals surface area (Å²) in [6.07, 6.45) is 10.6. The van der Waals surface area contributed by atoms with Gasteiger partial charge in [0.15, 0.2) is 0 Å². The molecule has 0 aromatic carbocycles. The molecule has 0 spiro atoms. The molecule has 16 heavy (non-hydrogen) atoms. The Balaban J connectivity index is 3.04. The Kier molecular flexibility index (Phi) is 11.0. The first-order valence-corrected chi connectivity index (χ1v) is 6.34. The molecule has 0 saturated carbocycles. The molecule has 4 heteroatoms. The summed E-state index contributed by atoms with van der Waals surface area (Å²) in [6.45, 7) is 1.84. The molecule has 3 N–H and O–H groups in total. The van der Waals surface area contributed by atoms with E-state index in [0.29, 0.717) is 0 Å². The topological polar surface area (TPSA) is 60.7 Å². The van der Waals surface area contributed by atoms with Gasteiger partial charge in [0.25, 0.3) is 0 Å². The fourth-order valence-electron chi connectivity index (χ4n) is 1.63. The van der Waals surface area contributed by atoms with E-state index in [9.17, 15) is 0 Å². The van der Waals surface area contributed by atoms with Crippen molar-refractivity contribution in [2.45, 2.75) is 64.4 Å². The molecule has 1 atom stereocenters. The lowest BCUT2D eigenvalue weighted by atomic mass is 9.91. The summed E-state index contributed by atoms with van der Waals surface area (Å²) in [5, 5.41) is 26.1. The van der Waals surface area contributed by atoms with Crippen LogP contribution in [0.5, 0.6) is 0 Å². The Morgan fingerprint density at radius 1 is 1.00 bits per heavy atom. The van der Waals surface area contributed by atoms with Gasteiger partial charge >= 0.3 is 7.12 Å². The zero-order valence-electron chi connectivity index (χ0n) is 10.3. The first kappa shape index (κ1) is 15.7. The van der Waals surface area contributed by atoms with Gasteiger partial charge in [-0.05, 0) is 26.2 Å². The van der Waals surface area contributed by atoms with Crippen LogP contribution in [0.4, 0.5) is 0 Å². The lowest BCUT2D eigenvalue weighted by molar-refractivity contribution is 0.180. The lowest BCUT2D eigenvalue weighted by Crippen LogP contribution is -2.05. The molecule has 0 amide bonds. The highest BCUT2D eigenvalue weighted by molar-refractivity contribution is 6.47. The monoisotopic (exact) mass is 228 g/mol. The van der Waals surface area contributed by atoms with Crippen LogP contribution in [0.25, 0.3) is 0 Å². The van der Waals surface area contributed by atoms with Gasteiger partial charge in [0.05, 0.1) is 6.10 Å². The standard InChI is InChI=1S/C12H25BO3/c1-12(14)10-8-6-4-2-3-5-7-9-11-13(15)16/h9,11-12,14-16H,2-8,10H2,1H3/b11-9+. The molecule has 0 saturated heterocycles. The second kappa shape index (κ2) is 11.2. The lowest BCUT2D eigenvalue weighted by Gasteiger charge is -2.03. The third kappa shape index (κ3) is 13.7. The fraction of sp³-hybridized carbons (Fsp3) is 0.833. The van der Waals surface area contributed by atoms with Gasteiger partial charge in [-0.15, -0.1) is 0 Å². The van der Waals surface area contributed by atoms with Gasteiger partial charge in [-0.3, -0.25) is 0 Å². The van der Waals surface area contributed by atoms with Crippen molar-refractivity contribution in [2.75, 3.05) is 0 Å². The number of hydrogen-bond acceptors (Lipinski definition) is 3. The number of unbranched alkanes of at least 4 members (excludes halogenated alkanes) is 6. The summed E-state index contributed by atoms with van der Waals surface area (Å²) in [6, 6.07) is 0. The van der Waals surface area contributed by atoms with Crippen LogP contribution in [0.2, 0.25) is 0 Å². The largest absolute Gasteiger partial charge is 0.480 e. The number of rotatable bonds is 10. The van der Waals surface area contributed by atoms with Crippen molar-refractivity contribution < 1.29 is 15.2 Å². The van der Waals surface area contributed by atoms with Crippen LogP contribution in [0.15, 0.2) is 12.1 Å². The highest BCUT2D eigenvalue weighted by Gasteiger charge is 1.97. The van der Waals surface area contributed by atoms with Crippen molar-refractivity contribution in [1.82, 2.24) is 0 Å². The van der Waals surface area contributed by atoms with E-state index in [1.54, 1.807) is 0 Å². The quantitative estimate of drug-likeness (QED) is 0.396. The molecule has 0 rings (SSSR count). The predicted molar refractivity (Wildman–Crippen MR) is 67.9 cm³/mol. The van der Waals surface area contributed by atoms with Crippen LogP contribution in [0.3, 0.4) is 0 Å². The smallest absolute Gasteiger partial charge is 0.424 e. The molecular formula is C12H25BO3. The van der Waals surface area contributed by atoms with E-state index in [1.807, 2.05) is 13.0 Å². The highest BCUT2D eigenvalue weighted by atomic mass is 16.4. The zero-order valence-corrected chi connectivity index (χ0v) is 10.3. The Labute approximate surface area is 99.3 Å². The van der Waals surface area contributed by atoms with Crippen LogP contribution in [-0.4, -0.2) is 28.4 Å². The highest BCUT2D eigenvalue weighted by Crippen LogP contribution is 2.09. The minimum absolute atomic E-state index is 0.157. The molecule has 0 aliphatic carbocycles. The van der Waals surface area contributed by atoms with Gasteiger partial charge in [-0.25, -0.2) is 0 Å². The maximum atomic E-state index is 9.05. The van der Waals surface area contributed by atoms with Crippen LogP contribution in [-0.2, 0) is 0 Å². The molecule has 94 valence electrons. The minimum atomic E-state index is -1.31. The van der Waals surface area contributed by atoms with Crippen LogP contribution < -0.4 is 0 Å². The van der Waals surface area contributed by atoms with Gasteiger partial charge in [0.2, 0.25) is 0 Å². The summed E-state index contributed by atoms with van der Waals surface area (Å²) < 4.78 is 0. The maximum absolute atomic E-state index is 9.05. The van der Waals surface area contributed by atoms with Gasteiger partial charge in [0.1, 0.15) is 0 Å². The second-order valence-corrected chi connectivity index (χ2v) is 4.39. The van der Waals surface area contributed by atoms with E-state index in [2.05, 4.69) is 0 Å². The molecule has 0 bridgehead atoms. The fourth-order valence-corrected chi connectivity index (χ4v) is 1.63. The summed E-state index contributed by atoms with van der Waals surface area (Å²) >= 11 is 0. The van der Waals surface area contributed by atoms with Crippen molar-refractivity contribution in [2.24, 2.45) is 0 Å². The maximum Gasteiger partial charge on any atom is 0.480 e. The zero-order chi connectivity index (χ0) is 12.2. The molecule has 0 aliphatic rings. The molecule has 0 radical (unpaired) electrons. The molecule has 0 fully saturated rings. The van der Waals surface area contributed by atoms with Crippen molar-refractivity contribution in [3.05, 3.63) is 12.1 Å². The number of hydrogen-bond donors (Lipinski definition) is 3. The van der Waals surface area contributed by atoms with Gasteiger partial charge in [-0.2, -0.15) is 0 Å². The van der Waals surface area contributed by atoms with E-state index in [-0.39, 0.29) is 6.10 Å². The molecule has 0 aromatic rings. The van der Waals surface area contributed by atoms with Crippen LogP contribution in [0, 0.1) is 0 Å². The number of aliphatic hydroxyl groups is 1. The summed E-state index contributed by atoms with van der Waals surface area (Å²) in [4.78, 5) is 0. The van der Waals surface area contributed by atoms with E-state index < -0.39 is 7.12 Å². The van der Waals surface area contributed by atoms with Crippen molar-refractivity contribution in [1.29, 1.82) is 0 Å². The van der Waals surface area contributed by atoms with Crippen molar-refractivity contribution in [3.63, 3.8) is 0 Å². The average Bonchev–Trinajstić information content (AvgIpc) is 2.20. The average molecular weight is 228 g/mol. The van der Waals surface area contributed by atoms with Crippen molar-refractivity contribution >= 4 is 7.12 Å². The number of allylic oxidation sites excluding steroid dienone is 1. The van der Waals surface area contributed by atoms with E-state index in [0.717, 1.165) is 25.7 Å². The van der Waals surface area contributed by atoms with Gasteiger partial charge in [-0.1, -0.05) is 44.2 Å². The summed E-state index contributed by atoms with van der Waals surface area (Å²) in [5.74, 6) is 1.41. The molecular weight excluding hydrogens is 203 g/mol. The van der Waals surface area contributed by atoms with E-state index in [1.165, 1.54) is 31.7 Å². The Morgan fingerprint density at radius 3 is 2.12 bits per heavy atom. The third-order valence-electron chi connectivity index (χ3n) is 2.55. The third-order valence-corrected chi connectivity index (χ3v) is 2.55. The van der Waals surface area contributed by atoms with Crippen LogP contribution >= 0.6 is 0 Å². The number of aliphatic hydroxyl groups excluding tert-OH is 1. The molecule has 0 aliphatic heterocycles. The minimum Gasteiger partial charge on any atom is -0.424 e. The molecule has 3 nitrogen and oxygen atoms in total. The Bertz CT molecular complexity index is 170. The summed E-state index contributed by atoms with van der Waals surface area (Å²) in [7, 11) is -1.31. The van der Waals surface area contributed by atoms with Crippen LogP contribution in [0.1, 0.15) is 58.3 Å². The second-order valence-electron chi connectivity index (χ2n) is 4.39. The first-order valence-electron chi connectivity index (χ1n) is 6.34. The van der Waals surface area contributed by atoms with E-state index in [4.69, 9.17) is 15.2 Å². The van der Waals surface area contributed by atoms with E-state index >= 15 is 0 Å². The Hall–Kier alpha value is -0.315. The molecule has 0 aromatic heterocycles. The van der Waals surface area contributed by atoms with Crippen molar-refractivity contribution in [3.8, 4) is 0 Å². The predicted octanol–water partition coefficient (Wildman–Crippen LogP) is 2.06. The molecule has 1 unspecified atom stereocenters. The van der Waals surface area contributed by atoms with Gasteiger partial charge in [0, 0.05) is 0 Å². The summed E-state index contributed by atoms with van der Waals surface area (Å²) in [5.41, 5.74) is 0.